The molecule has 4 aliphatic rings. The molecule has 2 N–H and O–H groups in total. The summed E-state index contributed by atoms with van der Waals surface area (Å²) in [5, 5.41) is 2.74. The second kappa shape index (κ2) is 10.6. The molecule has 14 heteroatoms. The number of hydrogen-bond donors (Lipinski definition) is 2. The van der Waals surface area contributed by atoms with E-state index in [-0.39, 0.29) is 38.4 Å². The third-order valence-electron chi connectivity index (χ3n) is 8.82. The minimum atomic E-state index is -3.93. The zero-order valence-corrected chi connectivity index (χ0v) is 25.9. The number of rotatable bonds is 7. The van der Waals surface area contributed by atoms with Gasteiger partial charge in [0.05, 0.1) is 17.8 Å². The number of fused-ring (bicyclic) bond motifs is 1. The van der Waals surface area contributed by atoms with Crippen LogP contribution in [0.2, 0.25) is 0 Å². The molecule has 0 spiro atoms. The highest BCUT2D eigenvalue weighted by molar-refractivity contribution is 7.91. The lowest BCUT2D eigenvalue weighted by Crippen LogP contribution is -2.57. The maximum absolute atomic E-state index is 14.2. The van der Waals surface area contributed by atoms with E-state index in [0.29, 0.717) is 30.4 Å². The van der Waals surface area contributed by atoms with E-state index in [1.807, 2.05) is 6.92 Å². The van der Waals surface area contributed by atoms with Crippen molar-refractivity contribution in [3.05, 3.63) is 35.1 Å². The average Bonchev–Trinajstić information content (AvgIpc) is 3.70. The summed E-state index contributed by atoms with van der Waals surface area (Å²) in [6.07, 6.45) is -0.820. The molecule has 0 aromatic heterocycles. The molecule has 2 aliphatic carbocycles. The van der Waals surface area contributed by atoms with Crippen LogP contribution in [0.15, 0.2) is 18.2 Å². The lowest BCUT2D eigenvalue weighted by atomic mass is 10.1. The van der Waals surface area contributed by atoms with E-state index in [9.17, 15) is 32.0 Å². The van der Waals surface area contributed by atoms with Crippen molar-refractivity contribution in [1.29, 1.82) is 0 Å². The normalized spacial score (nSPS) is 27.3. The van der Waals surface area contributed by atoms with Gasteiger partial charge >= 0.3 is 12.2 Å². The van der Waals surface area contributed by atoms with Crippen molar-refractivity contribution in [3.8, 4) is 0 Å². The van der Waals surface area contributed by atoms with Crippen LogP contribution in [0.5, 0.6) is 0 Å². The third-order valence-corrected chi connectivity index (χ3v) is 11.0. The number of likely N-dealkylation sites (tertiary alicyclic amines) is 1. The third kappa shape index (κ3) is 6.02. The maximum Gasteiger partial charge on any atom is 0.411 e. The number of benzene rings is 1. The van der Waals surface area contributed by atoms with Gasteiger partial charge in [0.25, 0.3) is 5.91 Å². The van der Waals surface area contributed by atoms with Crippen molar-refractivity contribution in [2.24, 2.45) is 5.92 Å². The maximum atomic E-state index is 14.2. The SMILES string of the molecule is CC[C@@H]1C[C@]1(NC(=O)[C@@H]1C[C@@H](OC(=O)N2Cc3cccc(F)c3C2)CN1C(=O)OC(C)(C)C)C(=O)NS(=O)(=O)C1(C)CC1. The van der Waals surface area contributed by atoms with Gasteiger partial charge in [-0.3, -0.25) is 24.1 Å². The number of hydrogen-bond acceptors (Lipinski definition) is 8. The van der Waals surface area contributed by atoms with Crippen LogP contribution in [-0.4, -0.2) is 76.8 Å². The molecule has 3 fully saturated rings. The second-order valence-electron chi connectivity index (χ2n) is 13.3. The first-order chi connectivity index (χ1) is 20.0. The topological polar surface area (TPSA) is 151 Å². The fourth-order valence-electron chi connectivity index (χ4n) is 5.78. The number of carbonyl (C=O) groups is 4. The van der Waals surface area contributed by atoms with Crippen LogP contribution in [0.25, 0.3) is 0 Å². The van der Waals surface area contributed by atoms with Gasteiger partial charge in [0.2, 0.25) is 15.9 Å². The molecule has 4 amide bonds. The summed E-state index contributed by atoms with van der Waals surface area (Å²) >= 11 is 0. The fourth-order valence-corrected chi connectivity index (χ4v) is 7.09. The van der Waals surface area contributed by atoms with Crippen molar-refractivity contribution < 1.29 is 41.5 Å². The smallest absolute Gasteiger partial charge is 0.411 e. The Morgan fingerprint density at radius 1 is 1.12 bits per heavy atom. The standard InChI is InChI=1S/C29H39FN4O8S/c1-6-18-13-29(18,24(36)32-43(39,40)28(5)10-11-28)31-23(35)22-12-19(15-34(22)26(38)42-27(2,3)4)41-25(37)33-14-17-8-7-9-21(30)20(17)16-33/h7-9,18-19,22H,6,10-16H2,1-5H3,(H,31,35)(H,32,36)/t18-,19-,22+,29-/m1/s1. The molecular weight excluding hydrogens is 583 g/mol. The van der Waals surface area contributed by atoms with E-state index in [0.717, 1.165) is 4.90 Å². The summed E-state index contributed by atoms with van der Waals surface area (Å²) in [6, 6.07) is 3.47. The molecule has 4 atom stereocenters. The molecule has 1 saturated heterocycles. The average molecular weight is 623 g/mol. The molecule has 2 saturated carbocycles. The Balaban J connectivity index is 1.30. The first-order valence-corrected chi connectivity index (χ1v) is 16.1. The van der Waals surface area contributed by atoms with Crippen LogP contribution in [-0.2, 0) is 42.2 Å². The molecule has 0 bridgehead atoms. The van der Waals surface area contributed by atoms with Crippen molar-refractivity contribution in [1.82, 2.24) is 19.8 Å². The Morgan fingerprint density at radius 2 is 1.81 bits per heavy atom. The predicted molar refractivity (Wildman–Crippen MR) is 151 cm³/mol. The first kappa shape index (κ1) is 31.0. The number of halogens is 1. The molecule has 0 radical (unpaired) electrons. The molecule has 12 nitrogen and oxygen atoms in total. The highest BCUT2D eigenvalue weighted by Gasteiger charge is 2.63. The van der Waals surface area contributed by atoms with Gasteiger partial charge in [0.15, 0.2) is 0 Å². The molecule has 2 heterocycles. The van der Waals surface area contributed by atoms with Gasteiger partial charge in [-0.1, -0.05) is 25.5 Å². The van der Waals surface area contributed by atoms with Gasteiger partial charge in [0, 0.05) is 18.5 Å². The van der Waals surface area contributed by atoms with E-state index in [1.54, 1.807) is 39.8 Å². The molecule has 5 rings (SSSR count). The van der Waals surface area contributed by atoms with Crippen molar-refractivity contribution in [3.63, 3.8) is 0 Å². The molecule has 43 heavy (non-hydrogen) atoms. The second-order valence-corrected chi connectivity index (χ2v) is 15.5. The summed E-state index contributed by atoms with van der Waals surface area (Å²) in [7, 11) is -3.93. The van der Waals surface area contributed by atoms with Crippen LogP contribution < -0.4 is 10.0 Å². The first-order valence-electron chi connectivity index (χ1n) is 14.6. The molecule has 2 aliphatic heterocycles. The van der Waals surface area contributed by atoms with Gasteiger partial charge in [-0.25, -0.2) is 22.4 Å². The zero-order valence-electron chi connectivity index (χ0n) is 25.1. The summed E-state index contributed by atoms with van der Waals surface area (Å²) in [5.41, 5.74) is -1.23. The number of nitrogens with zero attached hydrogens (tertiary/aromatic N) is 2. The highest BCUT2D eigenvalue weighted by atomic mass is 32.2. The van der Waals surface area contributed by atoms with E-state index in [2.05, 4.69) is 10.0 Å². The van der Waals surface area contributed by atoms with Crippen LogP contribution in [0.1, 0.15) is 77.8 Å². The van der Waals surface area contributed by atoms with Gasteiger partial charge in [0.1, 0.15) is 29.1 Å². The quantitative estimate of drug-likeness (QED) is 0.471. The molecule has 1 aromatic carbocycles. The summed E-state index contributed by atoms with van der Waals surface area (Å²) in [5.74, 6) is -2.18. The van der Waals surface area contributed by atoms with E-state index < -0.39 is 67.9 Å². The Bertz CT molecular complexity index is 1460. The molecule has 1 aromatic rings. The van der Waals surface area contributed by atoms with Gasteiger partial charge < -0.3 is 14.8 Å². The lowest BCUT2D eigenvalue weighted by Gasteiger charge is -2.29. The lowest BCUT2D eigenvalue weighted by molar-refractivity contribution is -0.132. The van der Waals surface area contributed by atoms with Crippen molar-refractivity contribution in [2.45, 2.75) is 108 Å². The number of amides is 4. The number of ether oxygens (including phenoxy) is 2. The highest BCUT2D eigenvalue weighted by Crippen LogP contribution is 2.48. The van der Waals surface area contributed by atoms with Crippen LogP contribution in [0, 0.1) is 11.7 Å². The van der Waals surface area contributed by atoms with E-state index in [4.69, 9.17) is 9.47 Å². The van der Waals surface area contributed by atoms with E-state index in [1.165, 1.54) is 11.0 Å². The Kier molecular flexibility index (Phi) is 7.67. The Morgan fingerprint density at radius 3 is 2.40 bits per heavy atom. The number of nitrogens with one attached hydrogen (secondary N) is 2. The largest absolute Gasteiger partial charge is 0.444 e. The van der Waals surface area contributed by atoms with Gasteiger partial charge in [-0.15, -0.1) is 0 Å². The summed E-state index contributed by atoms with van der Waals surface area (Å²) in [4.78, 5) is 55.7. The fraction of sp³-hybridized carbons (Fsp3) is 0.655. The summed E-state index contributed by atoms with van der Waals surface area (Å²) < 4.78 is 52.1. The van der Waals surface area contributed by atoms with Gasteiger partial charge in [-0.05, 0) is 64.5 Å². The Hall–Kier alpha value is -3.42. The number of sulfonamides is 1. The predicted octanol–water partition coefficient (Wildman–Crippen LogP) is 2.94. The molecule has 0 unspecified atom stereocenters. The van der Waals surface area contributed by atoms with E-state index >= 15 is 0 Å². The minimum Gasteiger partial charge on any atom is -0.444 e. The Labute approximate surface area is 250 Å². The van der Waals surface area contributed by atoms with Crippen LogP contribution in [0.4, 0.5) is 14.0 Å². The van der Waals surface area contributed by atoms with Crippen molar-refractivity contribution >= 4 is 34.0 Å². The molecular formula is C29H39FN4O8S. The van der Waals surface area contributed by atoms with Gasteiger partial charge in [-0.2, -0.15) is 0 Å². The summed E-state index contributed by atoms with van der Waals surface area (Å²) in [6.45, 7) is 8.48. The van der Waals surface area contributed by atoms with Crippen LogP contribution >= 0.6 is 0 Å². The molecule has 236 valence electrons. The minimum absolute atomic E-state index is 0.0330. The zero-order chi connectivity index (χ0) is 31.5. The van der Waals surface area contributed by atoms with Crippen LogP contribution in [0.3, 0.4) is 0 Å². The number of carbonyl (C=O) groups excluding carboxylic acids is 4. The van der Waals surface area contributed by atoms with Crippen molar-refractivity contribution in [2.75, 3.05) is 6.54 Å². The monoisotopic (exact) mass is 622 g/mol.